The van der Waals surface area contributed by atoms with Gasteiger partial charge >= 0.3 is 0 Å². The molecule has 98 valence electrons. The molecule has 2 atom stereocenters. The fraction of sp³-hybridized carbons (Fsp3) is 0.500. The highest BCUT2D eigenvalue weighted by Crippen LogP contribution is 2.27. The molecule has 0 aromatic heterocycles. The van der Waals surface area contributed by atoms with Crippen molar-refractivity contribution >= 4 is 37.8 Å². The Morgan fingerprint density at radius 2 is 2.00 bits per heavy atom. The molecule has 18 heavy (non-hydrogen) atoms. The van der Waals surface area contributed by atoms with Gasteiger partial charge in [-0.2, -0.15) is 0 Å². The minimum Gasteiger partial charge on any atom is -0.338 e. The second kappa shape index (κ2) is 5.74. The van der Waals surface area contributed by atoms with Crippen LogP contribution in [0.5, 0.6) is 0 Å². The summed E-state index contributed by atoms with van der Waals surface area (Å²) in [6, 6.07) is 5.70. The van der Waals surface area contributed by atoms with Crippen molar-refractivity contribution in [3.63, 3.8) is 0 Å². The van der Waals surface area contributed by atoms with Crippen LogP contribution >= 0.6 is 31.9 Å². The number of hydrogen-bond donors (Lipinski definition) is 0. The fourth-order valence-electron chi connectivity index (χ4n) is 2.28. The maximum Gasteiger partial charge on any atom is 0.255 e. The minimum absolute atomic E-state index is 0.133. The normalized spacial score (nSPS) is 24.1. The fourth-order valence-corrected chi connectivity index (χ4v) is 3.50. The van der Waals surface area contributed by atoms with Crippen molar-refractivity contribution in [1.82, 2.24) is 4.90 Å². The van der Waals surface area contributed by atoms with E-state index in [0.29, 0.717) is 11.8 Å². The lowest BCUT2D eigenvalue weighted by Gasteiger charge is -2.35. The highest BCUT2D eigenvalue weighted by molar-refractivity contribution is 9.11. The van der Waals surface area contributed by atoms with E-state index in [2.05, 4.69) is 45.7 Å². The zero-order valence-electron chi connectivity index (χ0n) is 10.6. The van der Waals surface area contributed by atoms with Crippen molar-refractivity contribution in [3.8, 4) is 0 Å². The van der Waals surface area contributed by atoms with Crippen molar-refractivity contribution in [3.05, 3.63) is 32.7 Å². The van der Waals surface area contributed by atoms with Crippen LogP contribution in [0.25, 0.3) is 0 Å². The Bertz CT molecular complexity index is 461. The molecule has 0 radical (unpaired) electrons. The van der Waals surface area contributed by atoms with E-state index in [1.807, 2.05) is 23.1 Å². The average molecular weight is 375 g/mol. The van der Waals surface area contributed by atoms with Gasteiger partial charge < -0.3 is 4.90 Å². The van der Waals surface area contributed by atoms with E-state index in [1.165, 1.54) is 0 Å². The van der Waals surface area contributed by atoms with Crippen LogP contribution in [0.4, 0.5) is 0 Å². The van der Waals surface area contributed by atoms with Crippen LogP contribution in [-0.4, -0.2) is 23.9 Å². The number of halogens is 2. The van der Waals surface area contributed by atoms with Gasteiger partial charge in [0.2, 0.25) is 0 Å². The monoisotopic (exact) mass is 373 g/mol. The van der Waals surface area contributed by atoms with Crippen LogP contribution in [0.1, 0.15) is 30.6 Å². The van der Waals surface area contributed by atoms with Crippen LogP contribution < -0.4 is 0 Å². The first-order valence-corrected chi connectivity index (χ1v) is 7.82. The van der Waals surface area contributed by atoms with Gasteiger partial charge in [0.25, 0.3) is 5.91 Å². The van der Waals surface area contributed by atoms with Gasteiger partial charge in [-0.3, -0.25) is 4.79 Å². The predicted octanol–water partition coefficient (Wildman–Crippen LogP) is 4.33. The number of carbonyl (C=O) groups is 1. The van der Waals surface area contributed by atoms with E-state index in [4.69, 9.17) is 0 Å². The molecule has 4 heteroatoms. The van der Waals surface area contributed by atoms with Gasteiger partial charge in [0.1, 0.15) is 0 Å². The molecule has 1 aliphatic heterocycles. The van der Waals surface area contributed by atoms with Crippen LogP contribution in [0.2, 0.25) is 0 Å². The average Bonchev–Trinajstić information content (AvgIpc) is 2.32. The Morgan fingerprint density at radius 3 is 2.61 bits per heavy atom. The quantitative estimate of drug-likeness (QED) is 0.716. The van der Waals surface area contributed by atoms with E-state index in [9.17, 15) is 4.79 Å². The SMILES string of the molecule is CC1CCN(C(=O)c2ccc(Br)cc2Br)CC1C. The van der Waals surface area contributed by atoms with Crippen LogP contribution in [0, 0.1) is 11.8 Å². The van der Waals surface area contributed by atoms with E-state index in [0.717, 1.165) is 34.0 Å². The van der Waals surface area contributed by atoms with Gasteiger partial charge in [-0.25, -0.2) is 0 Å². The first kappa shape index (κ1) is 14.1. The molecule has 0 bridgehead atoms. The van der Waals surface area contributed by atoms with Gasteiger partial charge in [0, 0.05) is 22.0 Å². The molecule has 2 nitrogen and oxygen atoms in total. The molecule has 1 aromatic carbocycles. The molecule has 2 rings (SSSR count). The van der Waals surface area contributed by atoms with Gasteiger partial charge in [0.15, 0.2) is 0 Å². The molecule has 2 unspecified atom stereocenters. The zero-order valence-corrected chi connectivity index (χ0v) is 13.8. The number of benzene rings is 1. The molecule has 1 saturated heterocycles. The Hall–Kier alpha value is -0.350. The maximum atomic E-state index is 12.5. The highest BCUT2D eigenvalue weighted by Gasteiger charge is 2.27. The van der Waals surface area contributed by atoms with Crippen molar-refractivity contribution in [2.45, 2.75) is 20.3 Å². The summed E-state index contributed by atoms with van der Waals surface area (Å²) in [7, 11) is 0. The largest absolute Gasteiger partial charge is 0.338 e. The van der Waals surface area contributed by atoms with Crippen molar-refractivity contribution < 1.29 is 4.79 Å². The summed E-state index contributed by atoms with van der Waals surface area (Å²) in [6.45, 7) is 6.22. The third-order valence-electron chi connectivity index (χ3n) is 3.78. The van der Waals surface area contributed by atoms with Crippen LogP contribution in [0.15, 0.2) is 27.1 Å². The predicted molar refractivity (Wildman–Crippen MR) is 80.7 cm³/mol. The van der Waals surface area contributed by atoms with Crippen LogP contribution in [0.3, 0.4) is 0 Å². The highest BCUT2D eigenvalue weighted by atomic mass is 79.9. The Labute approximate surface area is 125 Å². The smallest absolute Gasteiger partial charge is 0.255 e. The lowest BCUT2D eigenvalue weighted by molar-refractivity contribution is 0.0626. The number of piperidine rings is 1. The van der Waals surface area contributed by atoms with Crippen LogP contribution in [-0.2, 0) is 0 Å². The first-order valence-electron chi connectivity index (χ1n) is 6.23. The number of carbonyl (C=O) groups excluding carboxylic acids is 1. The number of hydrogen-bond acceptors (Lipinski definition) is 1. The Morgan fingerprint density at radius 1 is 1.28 bits per heavy atom. The summed E-state index contributed by atoms with van der Waals surface area (Å²) in [5.41, 5.74) is 0.750. The van der Waals surface area contributed by atoms with Crippen molar-refractivity contribution in [2.75, 3.05) is 13.1 Å². The molecular formula is C14H17Br2NO. The first-order chi connectivity index (χ1) is 8.49. The molecule has 1 amide bonds. The number of amides is 1. The second-order valence-electron chi connectivity index (χ2n) is 5.12. The van der Waals surface area contributed by atoms with Gasteiger partial charge in [-0.1, -0.05) is 29.8 Å². The molecule has 0 N–H and O–H groups in total. The topological polar surface area (TPSA) is 20.3 Å². The molecule has 1 aliphatic rings. The molecular weight excluding hydrogens is 358 g/mol. The number of nitrogens with zero attached hydrogens (tertiary/aromatic N) is 1. The summed E-state index contributed by atoms with van der Waals surface area (Å²) in [6.07, 6.45) is 1.10. The Balaban J connectivity index is 2.16. The molecule has 1 aromatic rings. The summed E-state index contributed by atoms with van der Waals surface area (Å²) in [5.74, 6) is 1.42. The molecule has 0 spiro atoms. The van der Waals surface area contributed by atoms with E-state index in [1.54, 1.807) is 0 Å². The summed E-state index contributed by atoms with van der Waals surface area (Å²) in [5, 5.41) is 0. The zero-order chi connectivity index (χ0) is 13.3. The number of likely N-dealkylation sites (tertiary alicyclic amines) is 1. The van der Waals surface area contributed by atoms with E-state index < -0.39 is 0 Å². The minimum atomic E-state index is 0.133. The molecule has 1 fully saturated rings. The summed E-state index contributed by atoms with van der Waals surface area (Å²) in [4.78, 5) is 14.4. The molecule has 0 saturated carbocycles. The third kappa shape index (κ3) is 2.97. The summed E-state index contributed by atoms with van der Waals surface area (Å²) >= 11 is 6.87. The lowest BCUT2D eigenvalue weighted by Crippen LogP contribution is -2.42. The van der Waals surface area contributed by atoms with Crippen molar-refractivity contribution in [1.29, 1.82) is 0 Å². The summed E-state index contributed by atoms with van der Waals surface area (Å²) < 4.78 is 1.83. The van der Waals surface area contributed by atoms with Gasteiger partial charge in [0.05, 0.1) is 5.56 Å². The van der Waals surface area contributed by atoms with Gasteiger partial charge in [-0.05, 0) is 52.4 Å². The molecule has 1 heterocycles. The van der Waals surface area contributed by atoms with Gasteiger partial charge in [-0.15, -0.1) is 0 Å². The second-order valence-corrected chi connectivity index (χ2v) is 6.89. The van der Waals surface area contributed by atoms with Crippen molar-refractivity contribution in [2.24, 2.45) is 11.8 Å². The third-order valence-corrected chi connectivity index (χ3v) is 4.93. The van der Waals surface area contributed by atoms with E-state index in [-0.39, 0.29) is 5.91 Å². The maximum absolute atomic E-state index is 12.5. The number of rotatable bonds is 1. The van der Waals surface area contributed by atoms with E-state index >= 15 is 0 Å². The molecule has 0 aliphatic carbocycles. The standard InChI is InChI=1S/C14H17Br2NO/c1-9-5-6-17(8-10(9)2)14(18)12-4-3-11(15)7-13(12)16/h3-4,7,9-10H,5-6,8H2,1-2H3. The Kier molecular flexibility index (Phi) is 4.49. The lowest BCUT2D eigenvalue weighted by atomic mass is 9.88.